The van der Waals surface area contributed by atoms with Crippen LogP contribution in [0.2, 0.25) is 15.1 Å². The van der Waals surface area contributed by atoms with E-state index < -0.39 is 5.82 Å². The molecule has 2 amide bonds. The number of ether oxygens (including phenoxy) is 2. The second-order valence-electron chi connectivity index (χ2n) is 8.58. The van der Waals surface area contributed by atoms with Gasteiger partial charge in [-0.3, -0.25) is 9.69 Å². The van der Waals surface area contributed by atoms with E-state index in [-0.39, 0.29) is 53.1 Å². The van der Waals surface area contributed by atoms with Crippen LogP contribution in [0.25, 0.3) is 0 Å². The first-order chi connectivity index (χ1) is 15.2. The van der Waals surface area contributed by atoms with Gasteiger partial charge in [0, 0.05) is 11.6 Å². The lowest BCUT2D eigenvalue weighted by molar-refractivity contribution is -0.174. The van der Waals surface area contributed by atoms with Gasteiger partial charge in [-0.1, -0.05) is 40.9 Å². The van der Waals surface area contributed by atoms with E-state index in [2.05, 4.69) is 5.32 Å². The molecule has 0 spiro atoms. The smallest absolute Gasteiger partial charge is 0.410 e. The van der Waals surface area contributed by atoms with Crippen molar-refractivity contribution in [1.29, 1.82) is 0 Å². The van der Waals surface area contributed by atoms with E-state index in [1.165, 1.54) is 12.1 Å². The number of nitrogens with zero attached hydrogens (tertiary/aromatic N) is 1. The molecule has 1 heterocycles. The molecule has 6 rings (SSSR count). The second-order valence-corrected chi connectivity index (χ2v) is 9.81. The summed E-state index contributed by atoms with van der Waals surface area (Å²) in [6, 6.07) is 9.04. The van der Waals surface area contributed by atoms with Crippen LogP contribution in [0, 0.1) is 5.82 Å². The lowest BCUT2D eigenvalue weighted by Crippen LogP contribution is -2.84. The highest BCUT2D eigenvalue weighted by Crippen LogP contribution is 2.65. The number of halogens is 4. The zero-order valence-electron chi connectivity index (χ0n) is 16.7. The van der Waals surface area contributed by atoms with Crippen LogP contribution in [0.5, 0.6) is 5.75 Å². The zero-order chi connectivity index (χ0) is 22.7. The molecule has 1 saturated heterocycles. The quantitative estimate of drug-likeness (QED) is 0.597. The van der Waals surface area contributed by atoms with Gasteiger partial charge in [-0.05, 0) is 49.1 Å². The highest BCUT2D eigenvalue weighted by atomic mass is 35.5. The molecular weight excluding hydrogens is 482 g/mol. The van der Waals surface area contributed by atoms with Crippen molar-refractivity contribution in [3.63, 3.8) is 0 Å². The summed E-state index contributed by atoms with van der Waals surface area (Å²) in [4.78, 5) is 26.6. The fourth-order valence-electron chi connectivity index (χ4n) is 5.08. The largest absolute Gasteiger partial charge is 0.484 e. The van der Waals surface area contributed by atoms with Gasteiger partial charge in [0.25, 0.3) is 5.91 Å². The minimum Gasteiger partial charge on any atom is -0.484 e. The second kappa shape index (κ2) is 7.68. The Hall–Kier alpha value is -2.22. The van der Waals surface area contributed by atoms with Crippen LogP contribution in [0.1, 0.15) is 30.9 Å². The van der Waals surface area contributed by atoms with Crippen molar-refractivity contribution < 1.29 is 23.5 Å². The Balaban J connectivity index is 1.20. The fraction of sp³-hybridized carbons (Fsp3) is 0.364. The minimum absolute atomic E-state index is 0.0134. The van der Waals surface area contributed by atoms with Crippen molar-refractivity contribution in [1.82, 2.24) is 10.2 Å². The predicted molar refractivity (Wildman–Crippen MR) is 117 cm³/mol. The van der Waals surface area contributed by atoms with Crippen molar-refractivity contribution in [2.45, 2.75) is 36.4 Å². The molecule has 3 aliphatic carbocycles. The molecule has 4 fully saturated rings. The number of hydrogen-bond donors (Lipinski definition) is 1. The third-order valence-corrected chi connectivity index (χ3v) is 7.43. The molecule has 1 unspecified atom stereocenters. The molecule has 168 valence electrons. The summed E-state index contributed by atoms with van der Waals surface area (Å²) in [5.74, 6) is -0.695. The van der Waals surface area contributed by atoms with Gasteiger partial charge in [-0.2, -0.15) is 0 Å². The molecule has 3 saturated carbocycles. The average molecular weight is 500 g/mol. The van der Waals surface area contributed by atoms with E-state index in [0.29, 0.717) is 29.3 Å². The molecule has 4 aliphatic rings. The standard InChI is InChI=1S/C22H18Cl3FN2O4/c23-14-3-1-12(5-16(14)25)18-7-32-20(30)28(18)22-9-21(10-22,11-22)27-19(29)8-31-13-2-4-15(24)17(26)6-13/h1-6,18H,7-11H2,(H,27,29). The molecule has 2 bridgehead atoms. The maximum absolute atomic E-state index is 13.5. The van der Waals surface area contributed by atoms with Crippen LogP contribution in [-0.2, 0) is 9.53 Å². The molecule has 2 aromatic carbocycles. The molecule has 0 aromatic heterocycles. The van der Waals surface area contributed by atoms with Crippen LogP contribution >= 0.6 is 34.8 Å². The first-order valence-corrected chi connectivity index (χ1v) is 11.1. The Bertz CT molecular complexity index is 1110. The highest BCUT2D eigenvalue weighted by Gasteiger charge is 2.73. The van der Waals surface area contributed by atoms with E-state index in [4.69, 9.17) is 44.3 Å². The molecule has 1 atom stereocenters. The fourth-order valence-corrected chi connectivity index (χ4v) is 5.50. The summed E-state index contributed by atoms with van der Waals surface area (Å²) in [6.07, 6.45) is 1.53. The van der Waals surface area contributed by atoms with E-state index in [9.17, 15) is 14.0 Å². The first-order valence-electron chi connectivity index (χ1n) is 10.0. The van der Waals surface area contributed by atoms with E-state index >= 15 is 0 Å². The summed E-state index contributed by atoms with van der Waals surface area (Å²) >= 11 is 17.8. The minimum atomic E-state index is -0.611. The Morgan fingerprint density at radius 2 is 1.84 bits per heavy atom. The third-order valence-electron chi connectivity index (χ3n) is 6.38. The number of nitrogens with one attached hydrogen (secondary N) is 1. The van der Waals surface area contributed by atoms with Gasteiger partial charge in [0.15, 0.2) is 6.61 Å². The normalized spacial score (nSPS) is 27.9. The van der Waals surface area contributed by atoms with Gasteiger partial charge in [0.05, 0.1) is 26.6 Å². The van der Waals surface area contributed by atoms with E-state index in [0.717, 1.165) is 11.6 Å². The maximum atomic E-state index is 13.5. The van der Waals surface area contributed by atoms with Crippen LogP contribution in [0.3, 0.4) is 0 Å². The number of cyclic esters (lactones) is 1. The van der Waals surface area contributed by atoms with E-state index in [1.54, 1.807) is 17.0 Å². The average Bonchev–Trinajstić information content (AvgIpc) is 3.08. The van der Waals surface area contributed by atoms with Crippen molar-refractivity contribution in [3.8, 4) is 5.75 Å². The number of rotatable bonds is 6. The lowest BCUT2D eigenvalue weighted by atomic mass is 9.43. The number of carbonyl (C=O) groups excluding carboxylic acids is 2. The molecule has 1 aliphatic heterocycles. The third kappa shape index (κ3) is 3.56. The van der Waals surface area contributed by atoms with Crippen LogP contribution in [0.4, 0.5) is 9.18 Å². The molecule has 10 heteroatoms. The van der Waals surface area contributed by atoms with Gasteiger partial charge in [0.2, 0.25) is 0 Å². The van der Waals surface area contributed by atoms with Crippen molar-refractivity contribution in [2.24, 2.45) is 0 Å². The zero-order valence-corrected chi connectivity index (χ0v) is 18.9. The summed E-state index contributed by atoms with van der Waals surface area (Å²) in [7, 11) is 0. The van der Waals surface area contributed by atoms with E-state index in [1.807, 2.05) is 6.07 Å². The van der Waals surface area contributed by atoms with Gasteiger partial charge >= 0.3 is 6.09 Å². The molecule has 0 radical (unpaired) electrons. The first kappa shape index (κ1) is 21.6. The number of carbonyl (C=O) groups is 2. The molecular formula is C22H18Cl3FN2O4. The summed E-state index contributed by atoms with van der Waals surface area (Å²) < 4.78 is 24.2. The maximum Gasteiger partial charge on any atom is 0.410 e. The molecule has 6 nitrogen and oxygen atoms in total. The number of hydrogen-bond acceptors (Lipinski definition) is 4. The topological polar surface area (TPSA) is 67.9 Å². The Labute approximate surface area is 198 Å². The Morgan fingerprint density at radius 3 is 2.53 bits per heavy atom. The Kier molecular flexibility index (Phi) is 5.19. The van der Waals surface area contributed by atoms with Crippen LogP contribution < -0.4 is 10.1 Å². The summed E-state index contributed by atoms with van der Waals surface area (Å²) in [5.41, 5.74) is 0.144. The molecule has 32 heavy (non-hydrogen) atoms. The van der Waals surface area contributed by atoms with Crippen LogP contribution in [-0.4, -0.2) is 41.2 Å². The van der Waals surface area contributed by atoms with Gasteiger partial charge < -0.3 is 14.8 Å². The molecule has 2 aromatic rings. The van der Waals surface area contributed by atoms with Crippen LogP contribution in [0.15, 0.2) is 36.4 Å². The monoisotopic (exact) mass is 498 g/mol. The summed E-state index contributed by atoms with van der Waals surface area (Å²) in [6.45, 7) is -0.00310. The molecule has 1 N–H and O–H groups in total. The van der Waals surface area contributed by atoms with Crippen molar-refractivity contribution >= 4 is 46.8 Å². The summed E-state index contributed by atoms with van der Waals surface area (Å²) in [5, 5.41) is 3.84. The van der Waals surface area contributed by atoms with Gasteiger partial charge in [0.1, 0.15) is 18.2 Å². The lowest BCUT2D eigenvalue weighted by Gasteiger charge is -2.73. The predicted octanol–water partition coefficient (Wildman–Crippen LogP) is 5.15. The highest BCUT2D eigenvalue weighted by molar-refractivity contribution is 6.42. The Morgan fingerprint density at radius 1 is 1.12 bits per heavy atom. The number of benzene rings is 2. The SMILES string of the molecule is O=C(COc1ccc(Cl)c(F)c1)NC12CC(N3C(=O)OCC3c3ccc(Cl)c(Cl)c3)(C1)C2. The van der Waals surface area contributed by atoms with Gasteiger partial charge in [-0.25, -0.2) is 9.18 Å². The van der Waals surface area contributed by atoms with Crippen molar-refractivity contribution in [3.05, 3.63) is 62.8 Å². The van der Waals surface area contributed by atoms with Crippen molar-refractivity contribution in [2.75, 3.05) is 13.2 Å². The van der Waals surface area contributed by atoms with Gasteiger partial charge in [-0.15, -0.1) is 0 Å². The number of amides is 2.